The quantitative estimate of drug-likeness (QED) is 0.117. The van der Waals surface area contributed by atoms with E-state index in [-0.39, 0.29) is 56.8 Å². The van der Waals surface area contributed by atoms with Gasteiger partial charge in [-0.1, -0.05) is 48.5 Å². The number of aromatic nitrogens is 2. The molecule has 0 saturated carbocycles. The summed E-state index contributed by atoms with van der Waals surface area (Å²) in [6, 6.07) is 13.8. The molecule has 0 aliphatic heterocycles. The summed E-state index contributed by atoms with van der Waals surface area (Å²) in [6.07, 6.45) is -2.74. The maximum atomic E-state index is 13.1. The molecule has 0 aliphatic rings. The summed E-state index contributed by atoms with van der Waals surface area (Å²) in [5.74, 6) is -2.18. The van der Waals surface area contributed by atoms with E-state index < -0.39 is 35.5 Å². The molecule has 294 valence electrons. The first-order valence-corrected chi connectivity index (χ1v) is 17.1. The Morgan fingerprint density at radius 3 is 1.35 bits per heavy atom. The highest BCUT2D eigenvalue weighted by atomic mass is 19.4. The van der Waals surface area contributed by atoms with Gasteiger partial charge in [0.1, 0.15) is 22.9 Å². The van der Waals surface area contributed by atoms with Crippen LogP contribution in [-0.2, 0) is 50.0 Å². The molecule has 14 nitrogen and oxygen atoms in total. The number of alkyl halides is 3. The molecule has 1 heterocycles. The van der Waals surface area contributed by atoms with Gasteiger partial charge in [0.25, 0.3) is 0 Å². The van der Waals surface area contributed by atoms with Crippen molar-refractivity contribution in [3.05, 3.63) is 88.8 Å². The van der Waals surface area contributed by atoms with E-state index in [4.69, 9.17) is 30.4 Å². The van der Waals surface area contributed by atoms with Crippen molar-refractivity contribution in [3.8, 4) is 0 Å². The number of carbonyl (C=O) groups is 3. The number of halogens is 3. The first-order valence-electron chi connectivity index (χ1n) is 17.1. The molecule has 3 aromatic rings. The zero-order valence-corrected chi connectivity index (χ0v) is 31.3. The van der Waals surface area contributed by atoms with Crippen molar-refractivity contribution in [2.45, 2.75) is 98.1 Å². The Balaban J connectivity index is 1.50. The fourth-order valence-electron chi connectivity index (χ4n) is 4.58. The Morgan fingerprint density at radius 1 is 0.648 bits per heavy atom. The van der Waals surface area contributed by atoms with Crippen LogP contribution < -0.4 is 17.1 Å². The van der Waals surface area contributed by atoms with Gasteiger partial charge >= 0.3 is 24.3 Å². The van der Waals surface area contributed by atoms with Crippen molar-refractivity contribution in [2.75, 3.05) is 13.2 Å². The molecule has 17 heteroatoms. The Bertz CT molecular complexity index is 1730. The third-order valence-corrected chi connectivity index (χ3v) is 7.01. The lowest BCUT2D eigenvalue weighted by Crippen LogP contribution is -2.31. The van der Waals surface area contributed by atoms with E-state index in [2.05, 4.69) is 15.0 Å². The zero-order valence-electron chi connectivity index (χ0n) is 31.3. The number of imidazole rings is 1. The lowest BCUT2D eigenvalue weighted by Gasteiger charge is -2.17. The molecule has 4 N–H and O–H groups in total. The molecule has 54 heavy (non-hydrogen) atoms. The van der Waals surface area contributed by atoms with E-state index in [1.165, 1.54) is 9.13 Å². The van der Waals surface area contributed by atoms with Gasteiger partial charge in [0.05, 0.1) is 13.2 Å². The number of ether oxygens (including phenoxy) is 4. The molecule has 0 bridgehead atoms. The molecular weight excluding hydrogens is 711 g/mol. The molecule has 3 amide bonds. The summed E-state index contributed by atoms with van der Waals surface area (Å²) in [5, 5.41) is 0. The smallest absolute Gasteiger partial charge is 0.442 e. The van der Waals surface area contributed by atoms with Crippen molar-refractivity contribution < 1.29 is 46.5 Å². The number of aryl methyl sites for hydroxylation is 2. The van der Waals surface area contributed by atoms with Crippen LogP contribution in [-0.4, -0.2) is 69.5 Å². The summed E-state index contributed by atoms with van der Waals surface area (Å²) in [6.45, 7) is 11.9. The van der Waals surface area contributed by atoms with Gasteiger partial charge in [0.15, 0.2) is 0 Å². The number of carbonyl (C=O) groups excluding carboxylic acids is 3. The standard InChI is InChI=1S/C37H48F3N7O7/c1-35(2,3)53-33(49)43-29(41)27-13-9-25(10-14-27)23-51-21-7-17-46-19-20-47(32(46)45-31(48)37(38,39)40)18-8-22-52-24-26-11-15-28(16-12-26)30(42)44-34(50)54-36(4,5)6/h9-16,19-20H,7-8,17-18,21-24H2,1-6H3,(H2,41,43,49)(H2,42,44,50). The predicted molar refractivity (Wildman–Crippen MR) is 194 cm³/mol. The fourth-order valence-corrected chi connectivity index (χ4v) is 4.58. The van der Waals surface area contributed by atoms with E-state index in [1.54, 1.807) is 102 Å². The highest BCUT2D eigenvalue weighted by molar-refractivity contribution is 6.03. The van der Waals surface area contributed by atoms with Crippen LogP contribution in [0.4, 0.5) is 22.8 Å². The number of nitrogens with two attached hydrogens (primary N) is 2. The highest BCUT2D eigenvalue weighted by Gasteiger charge is 2.38. The normalized spacial score (nSPS) is 12.8. The molecule has 2 aromatic carbocycles. The maximum absolute atomic E-state index is 13.1. The molecule has 0 radical (unpaired) electrons. The van der Waals surface area contributed by atoms with Gasteiger partial charge in [-0.2, -0.15) is 28.1 Å². The molecule has 0 spiro atoms. The summed E-state index contributed by atoms with van der Waals surface area (Å²) in [7, 11) is 0. The molecule has 0 fully saturated rings. The Hall–Kier alpha value is -5.29. The van der Waals surface area contributed by atoms with Crippen LogP contribution in [0.25, 0.3) is 0 Å². The van der Waals surface area contributed by atoms with Gasteiger partial charge in [-0.05, 0) is 65.5 Å². The van der Waals surface area contributed by atoms with Crippen LogP contribution in [0.1, 0.15) is 76.6 Å². The van der Waals surface area contributed by atoms with Crippen LogP contribution in [0.2, 0.25) is 0 Å². The number of benzene rings is 2. The Labute approximate surface area is 311 Å². The topological polar surface area (TPSA) is 187 Å². The number of rotatable bonds is 14. The van der Waals surface area contributed by atoms with Crippen LogP contribution >= 0.6 is 0 Å². The van der Waals surface area contributed by atoms with E-state index in [0.717, 1.165) is 11.1 Å². The molecule has 0 aliphatic carbocycles. The van der Waals surface area contributed by atoms with Crippen LogP contribution in [0.5, 0.6) is 0 Å². The van der Waals surface area contributed by atoms with Crippen molar-refractivity contribution in [2.24, 2.45) is 26.4 Å². The number of hydrogen-bond acceptors (Lipinski definition) is 7. The monoisotopic (exact) mass is 759 g/mol. The second-order valence-corrected chi connectivity index (χ2v) is 14.1. The molecule has 0 saturated heterocycles. The summed E-state index contributed by atoms with van der Waals surface area (Å²) in [5.41, 5.74) is 13.0. The number of hydrogen-bond donors (Lipinski definition) is 2. The highest BCUT2D eigenvalue weighted by Crippen LogP contribution is 2.16. The average Bonchev–Trinajstić information content (AvgIpc) is 3.43. The number of aliphatic imine (C=N–C) groups is 2. The minimum Gasteiger partial charge on any atom is -0.442 e. The largest absolute Gasteiger partial charge is 0.473 e. The third-order valence-electron chi connectivity index (χ3n) is 7.01. The minimum atomic E-state index is -5.12. The lowest BCUT2D eigenvalue weighted by atomic mass is 10.1. The van der Waals surface area contributed by atoms with Gasteiger partial charge in [-0.15, -0.1) is 0 Å². The van der Waals surface area contributed by atoms with Crippen molar-refractivity contribution in [3.63, 3.8) is 0 Å². The fraction of sp³-hybridized carbons (Fsp3) is 0.459. The number of amidine groups is 2. The minimum absolute atomic E-state index is 0.0114. The Kier molecular flexibility index (Phi) is 15.3. The van der Waals surface area contributed by atoms with Crippen LogP contribution in [0.3, 0.4) is 0 Å². The van der Waals surface area contributed by atoms with Crippen molar-refractivity contribution in [1.29, 1.82) is 0 Å². The molecular formula is C37H48F3N7O7. The van der Waals surface area contributed by atoms with Gasteiger partial charge in [0.2, 0.25) is 5.62 Å². The Morgan fingerprint density at radius 2 is 1.02 bits per heavy atom. The van der Waals surface area contributed by atoms with Crippen molar-refractivity contribution in [1.82, 2.24) is 9.13 Å². The molecule has 3 rings (SSSR count). The number of amides is 3. The second kappa shape index (κ2) is 19.2. The summed E-state index contributed by atoms with van der Waals surface area (Å²) in [4.78, 5) is 46.5. The predicted octanol–water partition coefficient (Wildman–Crippen LogP) is 5.77. The summed E-state index contributed by atoms with van der Waals surface area (Å²) < 4.78 is 64.1. The van der Waals surface area contributed by atoms with Crippen LogP contribution in [0.15, 0.2) is 75.9 Å². The van der Waals surface area contributed by atoms with E-state index >= 15 is 0 Å². The van der Waals surface area contributed by atoms with E-state index in [9.17, 15) is 27.6 Å². The third kappa shape index (κ3) is 15.4. The van der Waals surface area contributed by atoms with E-state index in [1.807, 2.05) is 0 Å². The second-order valence-electron chi connectivity index (χ2n) is 14.1. The zero-order chi connectivity index (χ0) is 40.1. The summed E-state index contributed by atoms with van der Waals surface area (Å²) >= 11 is 0. The maximum Gasteiger partial charge on any atom is 0.473 e. The number of nitrogens with zero attached hydrogens (tertiary/aromatic N) is 5. The molecule has 0 unspecified atom stereocenters. The van der Waals surface area contributed by atoms with E-state index in [0.29, 0.717) is 24.0 Å². The molecule has 1 aromatic heterocycles. The SMILES string of the molecule is CC(C)(C)OC(=O)/N=C(\N)c1ccc(COCCCn2ccn(CCCOCc3ccc(/C(N)=N/C(=O)OC(C)(C)C)cc3)c2=NC(=O)C(F)(F)F)cc1. The van der Waals surface area contributed by atoms with Crippen LogP contribution in [0, 0.1) is 0 Å². The van der Waals surface area contributed by atoms with Crippen molar-refractivity contribution >= 4 is 29.8 Å². The van der Waals surface area contributed by atoms with Gasteiger partial charge in [0, 0.05) is 49.8 Å². The van der Waals surface area contributed by atoms with Gasteiger partial charge in [-0.25, -0.2) is 9.59 Å². The first kappa shape index (κ1) is 43.1. The average molecular weight is 760 g/mol. The first-order chi connectivity index (χ1) is 25.2. The lowest BCUT2D eigenvalue weighted by molar-refractivity contribution is -0.169. The van der Waals surface area contributed by atoms with Gasteiger partial charge < -0.3 is 39.5 Å². The van der Waals surface area contributed by atoms with Gasteiger partial charge in [-0.3, -0.25) is 4.79 Å². The molecule has 0 atom stereocenters.